The molecule has 3 aromatic rings. The fourth-order valence-corrected chi connectivity index (χ4v) is 3.40. The zero-order valence-corrected chi connectivity index (χ0v) is 17.8. The molecule has 0 spiro atoms. The molecule has 3 rings (SSSR count). The Morgan fingerprint density at radius 3 is 2.59 bits per heavy atom. The maximum Gasteiger partial charge on any atom is 0.255 e. The van der Waals surface area contributed by atoms with E-state index in [1.807, 2.05) is 20.8 Å². The van der Waals surface area contributed by atoms with Crippen LogP contribution in [0.4, 0.5) is 5.69 Å². The third kappa shape index (κ3) is 4.34. The number of H-pyrrole nitrogens is 1. The van der Waals surface area contributed by atoms with Crippen LogP contribution in [0.2, 0.25) is 0 Å². The lowest BCUT2D eigenvalue weighted by molar-refractivity contribution is 0.0921. The Morgan fingerprint density at radius 2 is 1.97 bits per heavy atom. The van der Waals surface area contributed by atoms with Gasteiger partial charge in [0.1, 0.15) is 11.2 Å². The van der Waals surface area contributed by atoms with Gasteiger partial charge in [-0.3, -0.25) is 14.4 Å². The van der Waals surface area contributed by atoms with E-state index in [0.717, 1.165) is 0 Å². The van der Waals surface area contributed by atoms with Crippen molar-refractivity contribution in [2.24, 2.45) is 0 Å². The second-order valence-corrected chi connectivity index (χ2v) is 9.03. The predicted octanol–water partition coefficient (Wildman–Crippen LogP) is 2.68. The standard InChI is InChI=1S/C20H24N6O2S/c1-20(2,3)26-19(27)13-9-23-18-17(13)25-15(10-24-18)16(21)12-7-6-11(29(5)28)8-14(12)22-4/h6-10,21-22H,1-5H3,(H,23,24)(H,26,27). The highest BCUT2D eigenvalue weighted by atomic mass is 32.2. The summed E-state index contributed by atoms with van der Waals surface area (Å²) in [6.45, 7) is 5.70. The zero-order chi connectivity index (χ0) is 21.3. The van der Waals surface area contributed by atoms with Gasteiger partial charge in [-0.05, 0) is 39.0 Å². The Labute approximate surface area is 171 Å². The average molecular weight is 413 g/mol. The molecule has 1 unspecified atom stereocenters. The molecule has 0 radical (unpaired) electrons. The second-order valence-electron chi connectivity index (χ2n) is 7.65. The summed E-state index contributed by atoms with van der Waals surface area (Å²) in [5.41, 5.74) is 2.64. The lowest BCUT2D eigenvalue weighted by atomic mass is 10.1. The van der Waals surface area contributed by atoms with E-state index in [1.54, 1.807) is 37.7 Å². The number of amides is 1. The van der Waals surface area contributed by atoms with Crippen LogP contribution >= 0.6 is 0 Å². The van der Waals surface area contributed by atoms with Crippen LogP contribution in [0, 0.1) is 5.41 Å². The lowest BCUT2D eigenvalue weighted by Gasteiger charge is -2.20. The smallest absolute Gasteiger partial charge is 0.255 e. The number of nitrogens with zero attached hydrogens (tertiary/aromatic N) is 2. The van der Waals surface area contributed by atoms with Crippen molar-refractivity contribution in [3.63, 3.8) is 0 Å². The third-order valence-electron chi connectivity index (χ3n) is 4.23. The predicted molar refractivity (Wildman–Crippen MR) is 115 cm³/mol. The summed E-state index contributed by atoms with van der Waals surface area (Å²) in [7, 11) is 0.617. The number of nitrogens with one attached hydrogen (secondary N) is 4. The van der Waals surface area contributed by atoms with Gasteiger partial charge in [-0.15, -0.1) is 0 Å². The number of fused-ring (bicyclic) bond motifs is 1. The van der Waals surface area contributed by atoms with Gasteiger partial charge in [-0.1, -0.05) is 0 Å². The molecule has 0 aliphatic carbocycles. The first kappa shape index (κ1) is 20.7. The second kappa shape index (κ2) is 7.75. The summed E-state index contributed by atoms with van der Waals surface area (Å²) in [5, 5.41) is 14.6. The molecule has 0 saturated carbocycles. The van der Waals surface area contributed by atoms with E-state index in [4.69, 9.17) is 5.41 Å². The van der Waals surface area contributed by atoms with Crippen LogP contribution in [-0.4, -0.2) is 49.6 Å². The van der Waals surface area contributed by atoms with Crippen molar-refractivity contribution < 1.29 is 9.00 Å². The molecule has 2 heterocycles. The lowest BCUT2D eigenvalue weighted by Crippen LogP contribution is -2.40. The Kier molecular flexibility index (Phi) is 5.52. The van der Waals surface area contributed by atoms with Crippen molar-refractivity contribution in [1.82, 2.24) is 20.3 Å². The highest BCUT2D eigenvalue weighted by Crippen LogP contribution is 2.23. The van der Waals surface area contributed by atoms with Crippen molar-refractivity contribution >= 4 is 39.3 Å². The summed E-state index contributed by atoms with van der Waals surface area (Å²) in [6.07, 6.45) is 4.68. The van der Waals surface area contributed by atoms with Gasteiger partial charge < -0.3 is 15.6 Å². The van der Waals surface area contributed by atoms with Crippen LogP contribution in [0.25, 0.3) is 11.2 Å². The van der Waals surface area contributed by atoms with E-state index in [2.05, 4.69) is 25.6 Å². The number of benzene rings is 1. The average Bonchev–Trinajstić information content (AvgIpc) is 3.08. The van der Waals surface area contributed by atoms with Crippen LogP contribution in [0.15, 0.2) is 35.5 Å². The number of hydrogen-bond donors (Lipinski definition) is 4. The Hall–Kier alpha value is -3.07. The number of anilines is 1. The molecule has 1 amide bonds. The number of hydrogen-bond acceptors (Lipinski definition) is 6. The van der Waals surface area contributed by atoms with E-state index in [1.165, 1.54) is 6.20 Å². The first-order chi connectivity index (χ1) is 13.6. The van der Waals surface area contributed by atoms with Gasteiger partial charge in [0.05, 0.1) is 17.5 Å². The van der Waals surface area contributed by atoms with E-state index in [-0.39, 0.29) is 17.2 Å². The monoisotopic (exact) mass is 412 g/mol. The Morgan fingerprint density at radius 1 is 1.24 bits per heavy atom. The molecule has 4 N–H and O–H groups in total. The Balaban J connectivity index is 2.02. The molecule has 0 bridgehead atoms. The number of carbonyl (C=O) groups excluding carboxylic acids is 1. The van der Waals surface area contributed by atoms with Gasteiger partial charge in [0.25, 0.3) is 5.91 Å². The first-order valence-corrected chi connectivity index (χ1v) is 10.6. The highest BCUT2D eigenvalue weighted by Gasteiger charge is 2.21. The summed E-state index contributed by atoms with van der Waals surface area (Å²) in [4.78, 5) is 25.1. The minimum atomic E-state index is -1.12. The van der Waals surface area contributed by atoms with E-state index in [9.17, 15) is 9.00 Å². The fourth-order valence-electron chi connectivity index (χ4n) is 2.86. The van der Waals surface area contributed by atoms with Crippen molar-refractivity contribution in [2.45, 2.75) is 31.2 Å². The number of carbonyl (C=O) groups is 1. The van der Waals surface area contributed by atoms with Gasteiger partial charge in [-0.2, -0.15) is 0 Å². The molecular formula is C20H24N6O2S. The molecular weight excluding hydrogens is 388 g/mol. The van der Waals surface area contributed by atoms with Gasteiger partial charge in [-0.25, -0.2) is 9.97 Å². The van der Waals surface area contributed by atoms with Gasteiger partial charge >= 0.3 is 0 Å². The summed E-state index contributed by atoms with van der Waals surface area (Å²) < 4.78 is 11.7. The van der Waals surface area contributed by atoms with Crippen molar-refractivity contribution in [3.05, 3.63) is 47.4 Å². The van der Waals surface area contributed by atoms with Gasteiger partial charge in [0, 0.05) is 52.0 Å². The van der Waals surface area contributed by atoms with Gasteiger partial charge in [0.2, 0.25) is 0 Å². The highest BCUT2D eigenvalue weighted by molar-refractivity contribution is 7.84. The van der Waals surface area contributed by atoms with E-state index >= 15 is 0 Å². The maximum absolute atomic E-state index is 12.6. The summed E-state index contributed by atoms with van der Waals surface area (Å²) >= 11 is 0. The van der Waals surface area contributed by atoms with Crippen LogP contribution in [0.5, 0.6) is 0 Å². The minimum absolute atomic E-state index is 0.153. The van der Waals surface area contributed by atoms with Crippen LogP contribution in [0.1, 0.15) is 42.4 Å². The van der Waals surface area contributed by atoms with E-state index in [0.29, 0.717) is 38.6 Å². The number of rotatable bonds is 5. The van der Waals surface area contributed by atoms with Gasteiger partial charge in [0.15, 0.2) is 5.65 Å². The van der Waals surface area contributed by atoms with E-state index < -0.39 is 10.8 Å². The first-order valence-electron chi connectivity index (χ1n) is 9.02. The zero-order valence-electron chi connectivity index (χ0n) is 17.0. The number of aromatic nitrogens is 3. The summed E-state index contributed by atoms with van der Waals surface area (Å²) in [5.74, 6) is -0.257. The molecule has 0 saturated heterocycles. The molecule has 29 heavy (non-hydrogen) atoms. The fraction of sp³-hybridized carbons (Fsp3) is 0.300. The Bertz CT molecular complexity index is 1130. The minimum Gasteiger partial charge on any atom is -0.388 e. The quantitative estimate of drug-likeness (QED) is 0.480. The topological polar surface area (TPSA) is 124 Å². The maximum atomic E-state index is 12.6. The SMILES string of the molecule is CNc1cc(S(C)=O)ccc1C(=N)c1cnc2[nH]cc(C(=O)NC(C)(C)C)c2n1. The van der Waals surface area contributed by atoms with Crippen molar-refractivity contribution in [3.8, 4) is 0 Å². The molecule has 1 atom stereocenters. The molecule has 0 aliphatic rings. The normalized spacial score (nSPS) is 12.6. The van der Waals surface area contributed by atoms with Crippen LogP contribution < -0.4 is 10.6 Å². The molecule has 2 aromatic heterocycles. The molecule has 9 heteroatoms. The van der Waals surface area contributed by atoms with Crippen LogP contribution in [-0.2, 0) is 10.8 Å². The van der Waals surface area contributed by atoms with Crippen LogP contribution in [0.3, 0.4) is 0 Å². The molecule has 0 fully saturated rings. The number of aromatic amines is 1. The molecule has 0 aliphatic heterocycles. The van der Waals surface area contributed by atoms with Crippen molar-refractivity contribution in [1.29, 1.82) is 5.41 Å². The third-order valence-corrected chi connectivity index (χ3v) is 5.15. The molecule has 1 aromatic carbocycles. The molecule has 152 valence electrons. The summed E-state index contributed by atoms with van der Waals surface area (Å²) in [6, 6.07) is 5.22. The van der Waals surface area contributed by atoms with Crippen molar-refractivity contribution in [2.75, 3.05) is 18.6 Å². The largest absolute Gasteiger partial charge is 0.388 e. The molecule has 8 nitrogen and oxygen atoms in total.